The van der Waals surface area contributed by atoms with E-state index in [1.165, 1.54) is 44.5 Å². The number of hydrogen-bond donors (Lipinski definition) is 8. The summed E-state index contributed by atoms with van der Waals surface area (Å²) in [4.78, 5) is 24.4. The molecule has 8 N–H and O–H groups in total. The van der Waals surface area contributed by atoms with E-state index in [2.05, 4.69) is 76.7 Å². The van der Waals surface area contributed by atoms with Gasteiger partial charge in [0.25, 0.3) is 0 Å². The Bertz CT molecular complexity index is 2770. The molecule has 2 aliphatic carbocycles. The first-order valence-electron chi connectivity index (χ1n) is 25.1. The van der Waals surface area contributed by atoms with Crippen molar-refractivity contribution in [1.82, 2.24) is 0 Å². The second-order valence-electron chi connectivity index (χ2n) is 17.7. The molecule has 0 radical (unpaired) electrons. The zero-order chi connectivity index (χ0) is 52.8. The van der Waals surface area contributed by atoms with Gasteiger partial charge in [-0.3, -0.25) is 9.59 Å². The summed E-state index contributed by atoms with van der Waals surface area (Å²) in [5.41, 5.74) is 17.1. The van der Waals surface area contributed by atoms with Gasteiger partial charge in [-0.05, 0) is 122 Å². The highest BCUT2D eigenvalue weighted by Gasteiger charge is 2.30. The fraction of sp³-hybridized carbons (Fsp3) is 0.219. The molecule has 0 aromatic heterocycles. The summed E-state index contributed by atoms with van der Waals surface area (Å²) in [6.07, 6.45) is 0. The largest absolute Gasteiger partial charge is 0.463 e. The maximum Gasteiger partial charge on any atom is 0.325 e. The third kappa shape index (κ3) is 15.6. The van der Waals surface area contributed by atoms with E-state index in [0.29, 0.717) is 13.2 Å². The van der Waals surface area contributed by atoms with Crippen molar-refractivity contribution in [2.24, 2.45) is 0 Å². The lowest BCUT2D eigenvalue weighted by Gasteiger charge is -2.14. The number of anilines is 4. The molecule has 76 heavy (non-hydrogen) atoms. The van der Waals surface area contributed by atoms with E-state index in [9.17, 15) is 9.59 Å². The van der Waals surface area contributed by atoms with E-state index in [0.717, 1.165) is 51.5 Å². The Balaban J connectivity index is 0.000000179. The first-order valence-corrected chi connectivity index (χ1v) is 25.1. The zero-order valence-electron chi connectivity index (χ0n) is 42.4. The van der Waals surface area contributed by atoms with Crippen molar-refractivity contribution >= 4 is 34.7 Å². The van der Waals surface area contributed by atoms with Crippen molar-refractivity contribution in [2.75, 3.05) is 61.2 Å². The maximum atomic E-state index is 12.2. The molecule has 10 rings (SSSR count). The predicted octanol–water partition coefficient (Wildman–Crippen LogP) is 11.4. The second-order valence-corrected chi connectivity index (χ2v) is 17.7. The van der Waals surface area contributed by atoms with Crippen LogP contribution in [0.3, 0.4) is 0 Å². The minimum absolute atomic E-state index is 0. The number of esters is 2. The summed E-state index contributed by atoms with van der Waals surface area (Å²) < 4.78 is 11.1. The molecule has 12 heteroatoms. The van der Waals surface area contributed by atoms with Crippen molar-refractivity contribution in [3.8, 4) is 22.3 Å². The first-order chi connectivity index (χ1) is 36.7. The fourth-order valence-electron chi connectivity index (χ4n) is 8.85. The van der Waals surface area contributed by atoms with E-state index in [1.54, 1.807) is 0 Å². The van der Waals surface area contributed by atoms with Gasteiger partial charge in [0.05, 0.1) is 26.4 Å². The highest BCUT2D eigenvalue weighted by atomic mass is 16.5. The number of carbonyl (C=O) groups is 2. The van der Waals surface area contributed by atoms with Crippen molar-refractivity contribution < 1.29 is 39.5 Å². The summed E-state index contributed by atoms with van der Waals surface area (Å²) in [6.45, 7) is 4.10. The highest BCUT2D eigenvalue weighted by molar-refractivity contribution is 5.81. The Labute approximate surface area is 447 Å². The van der Waals surface area contributed by atoms with Crippen LogP contribution in [-0.4, -0.2) is 72.3 Å². The van der Waals surface area contributed by atoms with Gasteiger partial charge < -0.3 is 51.2 Å². The van der Waals surface area contributed by atoms with E-state index < -0.39 is 0 Å². The monoisotopic (exact) mass is 1020 g/mol. The van der Waals surface area contributed by atoms with Crippen LogP contribution in [-0.2, 0) is 45.5 Å². The van der Waals surface area contributed by atoms with E-state index in [1.807, 2.05) is 153 Å². The number of aliphatic hydroxyl groups is 4. The summed E-state index contributed by atoms with van der Waals surface area (Å²) in [7, 11) is 1.87. The molecule has 0 fully saturated rings. The van der Waals surface area contributed by atoms with Crippen LogP contribution in [0.1, 0.15) is 70.7 Å². The van der Waals surface area contributed by atoms with Crippen molar-refractivity contribution in [3.63, 3.8) is 0 Å². The van der Waals surface area contributed by atoms with E-state index >= 15 is 0 Å². The van der Waals surface area contributed by atoms with Gasteiger partial charge in [0.15, 0.2) is 0 Å². The third-order valence-corrected chi connectivity index (χ3v) is 12.8. The van der Waals surface area contributed by atoms with Gasteiger partial charge in [-0.1, -0.05) is 153 Å². The lowest BCUT2D eigenvalue weighted by Crippen LogP contribution is -2.19. The van der Waals surface area contributed by atoms with Crippen LogP contribution in [0.5, 0.6) is 0 Å². The molecule has 8 aromatic carbocycles. The van der Waals surface area contributed by atoms with Crippen LogP contribution in [0, 0.1) is 0 Å². The van der Waals surface area contributed by atoms with Crippen LogP contribution in [0.25, 0.3) is 22.3 Å². The normalized spacial score (nSPS) is 11.4. The zero-order valence-corrected chi connectivity index (χ0v) is 42.4. The molecule has 2 aliphatic rings. The van der Waals surface area contributed by atoms with Gasteiger partial charge in [0.2, 0.25) is 0 Å². The molecule has 0 unspecified atom stereocenters. The smallest absolute Gasteiger partial charge is 0.325 e. The summed E-state index contributed by atoms with van der Waals surface area (Å²) in [5, 5.41) is 47.8. The molecule has 0 amide bonds. The Hall–Kier alpha value is -8.26. The Morgan fingerprint density at radius 1 is 0.395 bits per heavy atom. The molecule has 0 aliphatic heterocycles. The summed E-state index contributed by atoms with van der Waals surface area (Å²) in [5.74, 6) is -0.429. The first kappa shape index (κ1) is 57.0. The van der Waals surface area contributed by atoms with Gasteiger partial charge in [-0.2, -0.15) is 0 Å². The second kappa shape index (κ2) is 29.6. The maximum absolute atomic E-state index is 12.2. The summed E-state index contributed by atoms with van der Waals surface area (Å²) in [6, 6.07) is 63.2. The lowest BCUT2D eigenvalue weighted by molar-refractivity contribution is -0.142. The van der Waals surface area contributed by atoms with Crippen LogP contribution >= 0.6 is 0 Å². The molecular formula is C64H70N4O8. The van der Waals surface area contributed by atoms with Crippen molar-refractivity contribution in [2.45, 2.75) is 52.6 Å². The van der Waals surface area contributed by atoms with Gasteiger partial charge in [-0.25, -0.2) is 0 Å². The number of rotatable bonds is 17. The van der Waals surface area contributed by atoms with Crippen molar-refractivity contribution in [3.05, 3.63) is 239 Å². The van der Waals surface area contributed by atoms with Gasteiger partial charge in [-0.15, -0.1) is 0 Å². The Morgan fingerprint density at radius 3 is 0.921 bits per heavy atom. The molecule has 8 aromatic rings. The van der Waals surface area contributed by atoms with Crippen LogP contribution in [0.2, 0.25) is 0 Å². The number of ether oxygens (including phenoxy) is 2. The number of benzene rings is 8. The van der Waals surface area contributed by atoms with Crippen LogP contribution in [0.15, 0.2) is 194 Å². The molecule has 0 spiro atoms. The minimum Gasteiger partial charge on any atom is -0.463 e. The van der Waals surface area contributed by atoms with Gasteiger partial charge >= 0.3 is 11.9 Å². The molecule has 0 heterocycles. The Kier molecular flexibility index (Phi) is 22.2. The standard InChI is InChI=1S/2C23H21NO3.C9H13NO.C8H11NO.CH4/c2*25-14-16-9-11-17(12-10-16)24-13-23(26)27-15-22-20-7-3-1-5-18(20)19-6-2-4-8-21(19)22;1-2-10-9-5-3-8(7-11)4-6-9;1-9-8-4-2-7(6-10)3-5-8;/h2*1-12,22,24-25H,13-15H2;3-6,10-11H,2,7H2,1H3;2-5,9-10H,6H2,1H3;1H4. The van der Waals surface area contributed by atoms with Gasteiger partial charge in [0, 0.05) is 48.2 Å². The topological polar surface area (TPSA) is 182 Å². The average Bonchev–Trinajstić information content (AvgIpc) is 3.99. The SMILES string of the molecule is C.CCNc1ccc(CO)cc1.CNc1ccc(CO)cc1.O=C(CNc1ccc(CO)cc1)OCC1c2ccccc2-c2ccccc21.O=C(CNc1ccc(CO)cc1)OCC1c2ccccc2-c2ccccc21. The fourth-order valence-corrected chi connectivity index (χ4v) is 8.85. The number of nitrogens with one attached hydrogen (secondary N) is 4. The highest BCUT2D eigenvalue weighted by Crippen LogP contribution is 2.45. The average molecular weight is 1020 g/mol. The summed E-state index contributed by atoms with van der Waals surface area (Å²) >= 11 is 0. The number of hydrogen-bond acceptors (Lipinski definition) is 12. The molecule has 12 nitrogen and oxygen atoms in total. The number of fused-ring (bicyclic) bond motifs is 6. The Morgan fingerprint density at radius 2 is 0.658 bits per heavy atom. The quantitative estimate of drug-likeness (QED) is 0.0405. The number of carbonyl (C=O) groups excluding carboxylic acids is 2. The number of aliphatic hydroxyl groups excluding tert-OH is 4. The van der Waals surface area contributed by atoms with E-state index in [4.69, 9.17) is 29.9 Å². The van der Waals surface area contributed by atoms with Crippen LogP contribution in [0.4, 0.5) is 22.7 Å². The molecule has 0 saturated heterocycles. The van der Waals surface area contributed by atoms with E-state index in [-0.39, 0.29) is 70.7 Å². The van der Waals surface area contributed by atoms with Crippen molar-refractivity contribution in [1.29, 1.82) is 0 Å². The molecule has 394 valence electrons. The van der Waals surface area contributed by atoms with Crippen LogP contribution < -0.4 is 21.3 Å². The minimum atomic E-state index is -0.289. The molecular weight excluding hydrogens is 953 g/mol. The predicted molar refractivity (Wildman–Crippen MR) is 306 cm³/mol. The molecule has 0 atom stereocenters. The molecule has 0 bridgehead atoms. The van der Waals surface area contributed by atoms with Gasteiger partial charge in [0.1, 0.15) is 26.3 Å². The molecule has 0 saturated carbocycles. The third-order valence-electron chi connectivity index (χ3n) is 12.8. The lowest BCUT2D eigenvalue weighted by atomic mass is 9.98.